The first-order chi connectivity index (χ1) is 8.75. The van der Waals surface area contributed by atoms with Gasteiger partial charge in [0.2, 0.25) is 10.0 Å². The Hall–Kier alpha value is -0.490. The lowest BCUT2D eigenvalue weighted by atomic mass is 10.2. The minimum Gasteiger partial charge on any atom is -0.495 e. The summed E-state index contributed by atoms with van der Waals surface area (Å²) in [4.78, 5) is 0.0364. The Bertz CT molecular complexity index is 558. The number of rotatable bonds is 5. The van der Waals surface area contributed by atoms with E-state index in [4.69, 9.17) is 27.9 Å². The first-order valence-electron chi connectivity index (χ1n) is 5.66. The molecular formula is C12H17Cl2NO3S. The zero-order valence-corrected chi connectivity index (χ0v) is 13.6. The Morgan fingerprint density at radius 3 is 2.37 bits per heavy atom. The third kappa shape index (κ3) is 3.34. The number of nitrogens with zero attached hydrogens (tertiary/aromatic N) is 1. The molecule has 0 fully saturated rings. The third-order valence-electron chi connectivity index (χ3n) is 2.83. The molecule has 0 heterocycles. The molecular weight excluding hydrogens is 309 g/mol. The van der Waals surface area contributed by atoms with Gasteiger partial charge in [0.15, 0.2) is 0 Å². The second-order valence-electron chi connectivity index (χ2n) is 4.34. The average Bonchev–Trinajstić information content (AvgIpc) is 2.36. The van der Waals surface area contributed by atoms with Crippen LogP contribution in [0.1, 0.15) is 19.4 Å². The van der Waals surface area contributed by atoms with Crippen molar-refractivity contribution in [1.82, 2.24) is 4.31 Å². The predicted octanol–water partition coefficient (Wildman–Crippen LogP) is 3.12. The fourth-order valence-electron chi connectivity index (χ4n) is 1.58. The molecule has 0 saturated heterocycles. The van der Waals surface area contributed by atoms with Crippen LogP contribution in [0.25, 0.3) is 0 Å². The van der Waals surface area contributed by atoms with Crippen molar-refractivity contribution in [2.75, 3.05) is 14.2 Å². The van der Waals surface area contributed by atoms with Crippen molar-refractivity contribution in [3.63, 3.8) is 0 Å². The summed E-state index contributed by atoms with van der Waals surface area (Å²) in [7, 11) is -0.746. The fourth-order valence-corrected chi connectivity index (χ4v) is 3.67. The second-order valence-corrected chi connectivity index (χ2v) is 7.01. The lowest BCUT2D eigenvalue weighted by Crippen LogP contribution is -2.33. The number of methoxy groups -OCH3 is 1. The average molecular weight is 326 g/mol. The highest BCUT2D eigenvalue weighted by Gasteiger charge is 2.28. The second kappa shape index (κ2) is 6.31. The highest BCUT2D eigenvalue weighted by atomic mass is 35.5. The van der Waals surface area contributed by atoms with Crippen LogP contribution in [0.4, 0.5) is 0 Å². The van der Waals surface area contributed by atoms with Crippen LogP contribution >= 0.6 is 23.2 Å². The quantitative estimate of drug-likeness (QED) is 0.781. The minimum atomic E-state index is -3.67. The minimum absolute atomic E-state index is 0.0364. The zero-order chi connectivity index (χ0) is 14.8. The van der Waals surface area contributed by atoms with Crippen LogP contribution in [0.15, 0.2) is 17.0 Å². The van der Waals surface area contributed by atoms with E-state index in [1.807, 2.05) is 0 Å². The van der Waals surface area contributed by atoms with E-state index in [2.05, 4.69) is 0 Å². The van der Waals surface area contributed by atoms with Crippen molar-refractivity contribution in [2.45, 2.75) is 30.7 Å². The van der Waals surface area contributed by atoms with Crippen molar-refractivity contribution in [3.8, 4) is 5.75 Å². The van der Waals surface area contributed by atoms with Gasteiger partial charge in [-0.3, -0.25) is 0 Å². The van der Waals surface area contributed by atoms with Crippen molar-refractivity contribution >= 4 is 33.2 Å². The lowest BCUT2D eigenvalue weighted by Gasteiger charge is -2.23. The third-order valence-corrected chi connectivity index (χ3v) is 5.37. The molecule has 0 aliphatic heterocycles. The molecule has 0 atom stereocenters. The summed E-state index contributed by atoms with van der Waals surface area (Å²) < 4.78 is 31.5. The summed E-state index contributed by atoms with van der Waals surface area (Å²) in [5.74, 6) is 0.365. The Kier molecular flexibility index (Phi) is 5.50. The standard InChI is InChI=1S/C12H17Cl2NO3S/c1-8(2)15(3)19(16,17)11-6-10(14)5-9(7-13)12(11)18-4/h5-6,8H,7H2,1-4H3. The van der Waals surface area contributed by atoms with Gasteiger partial charge < -0.3 is 4.74 Å². The molecule has 0 aliphatic carbocycles. The number of alkyl halides is 1. The van der Waals surface area contributed by atoms with E-state index >= 15 is 0 Å². The summed E-state index contributed by atoms with van der Waals surface area (Å²) in [5, 5.41) is 0.312. The Morgan fingerprint density at radius 1 is 1.37 bits per heavy atom. The molecule has 0 radical (unpaired) electrons. The summed E-state index contributed by atoms with van der Waals surface area (Å²) in [6.07, 6.45) is 0. The molecule has 0 aliphatic rings. The van der Waals surface area contributed by atoms with E-state index < -0.39 is 10.0 Å². The van der Waals surface area contributed by atoms with Crippen LogP contribution in [-0.4, -0.2) is 32.9 Å². The Balaban J connectivity index is 3.54. The SMILES string of the molecule is COc1c(CCl)cc(Cl)cc1S(=O)(=O)N(C)C(C)C. The van der Waals surface area contributed by atoms with Crippen LogP contribution in [0.5, 0.6) is 5.75 Å². The van der Waals surface area contributed by atoms with E-state index in [9.17, 15) is 8.42 Å². The number of ether oxygens (including phenoxy) is 1. The normalized spacial score (nSPS) is 12.2. The number of benzene rings is 1. The number of sulfonamides is 1. The Labute approximate surface area is 124 Å². The summed E-state index contributed by atoms with van der Waals surface area (Å²) in [5.41, 5.74) is 0.549. The smallest absolute Gasteiger partial charge is 0.246 e. The Morgan fingerprint density at radius 2 is 1.95 bits per heavy atom. The van der Waals surface area contributed by atoms with Crippen LogP contribution in [0.3, 0.4) is 0 Å². The van der Waals surface area contributed by atoms with Gasteiger partial charge >= 0.3 is 0 Å². The topological polar surface area (TPSA) is 46.6 Å². The highest BCUT2D eigenvalue weighted by molar-refractivity contribution is 7.89. The van der Waals surface area contributed by atoms with Crippen LogP contribution < -0.4 is 4.74 Å². The number of halogens is 2. The molecule has 7 heteroatoms. The largest absolute Gasteiger partial charge is 0.495 e. The number of hydrogen-bond donors (Lipinski definition) is 0. The predicted molar refractivity (Wildman–Crippen MR) is 77.6 cm³/mol. The van der Waals surface area contributed by atoms with Crippen molar-refractivity contribution < 1.29 is 13.2 Å². The maximum Gasteiger partial charge on any atom is 0.246 e. The number of hydrogen-bond acceptors (Lipinski definition) is 3. The molecule has 1 aromatic rings. The monoisotopic (exact) mass is 325 g/mol. The zero-order valence-electron chi connectivity index (χ0n) is 11.3. The molecule has 4 nitrogen and oxygen atoms in total. The van der Waals surface area contributed by atoms with E-state index in [0.717, 1.165) is 0 Å². The summed E-state index contributed by atoms with van der Waals surface area (Å²) >= 11 is 11.8. The van der Waals surface area contributed by atoms with Gasteiger partial charge in [-0.25, -0.2) is 8.42 Å². The van der Waals surface area contributed by atoms with E-state index in [-0.39, 0.29) is 22.6 Å². The van der Waals surface area contributed by atoms with Crippen molar-refractivity contribution in [3.05, 3.63) is 22.7 Å². The molecule has 0 saturated carbocycles. The molecule has 0 bridgehead atoms. The molecule has 108 valence electrons. The maximum atomic E-state index is 12.5. The van der Waals surface area contributed by atoms with Crippen LogP contribution in [0.2, 0.25) is 5.02 Å². The van der Waals surface area contributed by atoms with Gasteiger partial charge in [-0.15, -0.1) is 11.6 Å². The molecule has 0 unspecified atom stereocenters. The first-order valence-corrected chi connectivity index (χ1v) is 8.01. The van der Waals surface area contributed by atoms with E-state index in [1.54, 1.807) is 19.9 Å². The van der Waals surface area contributed by atoms with Crippen LogP contribution in [-0.2, 0) is 15.9 Å². The van der Waals surface area contributed by atoms with Gasteiger partial charge in [0, 0.05) is 23.7 Å². The molecule has 0 N–H and O–H groups in total. The molecule has 19 heavy (non-hydrogen) atoms. The van der Waals surface area contributed by atoms with Gasteiger partial charge in [0.05, 0.1) is 13.0 Å². The summed E-state index contributed by atoms with van der Waals surface area (Å²) in [6.45, 7) is 3.58. The van der Waals surface area contributed by atoms with Gasteiger partial charge in [-0.05, 0) is 26.0 Å². The molecule has 0 aromatic heterocycles. The highest BCUT2D eigenvalue weighted by Crippen LogP contribution is 2.34. The van der Waals surface area contributed by atoms with Gasteiger partial charge in [-0.1, -0.05) is 11.6 Å². The summed E-state index contributed by atoms with van der Waals surface area (Å²) in [6, 6.07) is 2.81. The first kappa shape index (κ1) is 16.6. The van der Waals surface area contributed by atoms with Gasteiger partial charge in [0.25, 0.3) is 0 Å². The van der Waals surface area contributed by atoms with Gasteiger partial charge in [-0.2, -0.15) is 4.31 Å². The molecule has 1 rings (SSSR count). The lowest BCUT2D eigenvalue weighted by molar-refractivity contribution is 0.385. The van der Waals surface area contributed by atoms with Crippen molar-refractivity contribution in [2.24, 2.45) is 0 Å². The molecule has 1 aromatic carbocycles. The van der Waals surface area contributed by atoms with E-state index in [0.29, 0.717) is 10.6 Å². The van der Waals surface area contributed by atoms with E-state index in [1.165, 1.54) is 24.5 Å². The van der Waals surface area contributed by atoms with Crippen molar-refractivity contribution in [1.29, 1.82) is 0 Å². The maximum absolute atomic E-state index is 12.5. The molecule has 0 amide bonds. The molecule has 0 spiro atoms. The fraction of sp³-hybridized carbons (Fsp3) is 0.500. The van der Waals surface area contributed by atoms with Gasteiger partial charge in [0.1, 0.15) is 10.6 Å². The van der Waals surface area contributed by atoms with Crippen LogP contribution in [0, 0.1) is 0 Å².